The summed E-state index contributed by atoms with van der Waals surface area (Å²) in [5.41, 5.74) is 1.92. The Morgan fingerprint density at radius 2 is 1.92 bits per heavy atom. The van der Waals surface area contributed by atoms with Gasteiger partial charge in [0.1, 0.15) is 0 Å². The molecular weight excluding hydrogens is 314 g/mol. The number of unbranched alkanes of at least 4 members (excludes halogenated alkanes) is 1. The monoisotopic (exact) mass is 335 g/mol. The quantitative estimate of drug-likeness (QED) is 0.400. The third-order valence-electron chi connectivity index (χ3n) is 3.67. The Bertz CT molecular complexity index is 786. The van der Waals surface area contributed by atoms with E-state index in [0.29, 0.717) is 29.2 Å². The molecule has 128 valence electrons. The molecule has 4 heteroatoms. The summed E-state index contributed by atoms with van der Waals surface area (Å²) in [7, 11) is 1.59. The van der Waals surface area contributed by atoms with E-state index in [-0.39, 0.29) is 5.78 Å². The molecule has 0 aliphatic heterocycles. The van der Waals surface area contributed by atoms with Crippen LogP contribution in [0.15, 0.2) is 48.5 Å². The molecule has 0 fully saturated rings. The van der Waals surface area contributed by atoms with Crippen molar-refractivity contribution in [1.82, 2.24) is 0 Å². The van der Waals surface area contributed by atoms with Gasteiger partial charge in [-0.05, 0) is 54.5 Å². The first-order chi connectivity index (χ1) is 12.2. The molecule has 0 spiro atoms. The molecule has 2 rings (SSSR count). The van der Waals surface area contributed by atoms with Gasteiger partial charge in [-0.1, -0.05) is 25.5 Å². The minimum atomic E-state index is -0.119. The van der Waals surface area contributed by atoms with Crippen LogP contribution in [0.2, 0.25) is 0 Å². The molecule has 0 aliphatic carbocycles. The van der Waals surface area contributed by atoms with Crippen LogP contribution >= 0.6 is 0 Å². The highest BCUT2D eigenvalue weighted by Crippen LogP contribution is 2.28. The Morgan fingerprint density at radius 3 is 2.56 bits per heavy atom. The van der Waals surface area contributed by atoms with Gasteiger partial charge >= 0.3 is 0 Å². The summed E-state index contributed by atoms with van der Waals surface area (Å²) in [6.07, 6.45) is 5.30. The maximum atomic E-state index is 12.2. The number of allylic oxidation sites excluding steroid dienone is 1. The van der Waals surface area contributed by atoms with E-state index >= 15 is 0 Å². The van der Waals surface area contributed by atoms with Crippen LogP contribution in [0, 0.1) is 11.3 Å². The average molecular weight is 335 g/mol. The largest absolute Gasteiger partial charge is 0.493 e. The van der Waals surface area contributed by atoms with Gasteiger partial charge in [-0.3, -0.25) is 4.79 Å². The molecule has 0 atom stereocenters. The van der Waals surface area contributed by atoms with Crippen molar-refractivity contribution < 1.29 is 14.3 Å². The van der Waals surface area contributed by atoms with E-state index in [1.807, 2.05) is 24.3 Å². The third-order valence-corrected chi connectivity index (χ3v) is 3.67. The number of nitriles is 1. The van der Waals surface area contributed by atoms with Crippen LogP contribution in [0.25, 0.3) is 6.08 Å². The lowest BCUT2D eigenvalue weighted by molar-refractivity contribution is 0.104. The Kier molecular flexibility index (Phi) is 6.79. The van der Waals surface area contributed by atoms with Gasteiger partial charge in [0.15, 0.2) is 17.3 Å². The Hall–Kier alpha value is -3.06. The molecule has 0 unspecified atom stereocenters. The molecule has 0 saturated heterocycles. The number of rotatable bonds is 8. The number of methoxy groups -OCH3 is 1. The highest BCUT2D eigenvalue weighted by atomic mass is 16.5. The molecule has 0 heterocycles. The summed E-state index contributed by atoms with van der Waals surface area (Å²) in [6.45, 7) is 2.76. The van der Waals surface area contributed by atoms with Crippen LogP contribution in [-0.4, -0.2) is 19.5 Å². The first-order valence-electron chi connectivity index (χ1n) is 8.21. The van der Waals surface area contributed by atoms with E-state index in [9.17, 15) is 4.79 Å². The fourth-order valence-electron chi connectivity index (χ4n) is 2.21. The molecule has 0 saturated carbocycles. The van der Waals surface area contributed by atoms with E-state index in [0.717, 1.165) is 18.4 Å². The maximum Gasteiger partial charge on any atom is 0.185 e. The second kappa shape index (κ2) is 9.29. The van der Waals surface area contributed by atoms with Crippen molar-refractivity contribution in [2.24, 2.45) is 0 Å². The number of carbonyl (C=O) groups is 1. The standard InChI is InChI=1S/C21H21NO3/c1-3-4-13-25-20-12-8-16(14-21(20)24-2)7-11-19(23)18-9-5-17(15-22)6-10-18/h5-12,14H,3-4,13H2,1-2H3/b11-7+. The highest BCUT2D eigenvalue weighted by Gasteiger charge is 2.06. The summed E-state index contributed by atoms with van der Waals surface area (Å²) < 4.78 is 11.1. The van der Waals surface area contributed by atoms with Crippen LogP contribution in [-0.2, 0) is 0 Å². The number of benzene rings is 2. The van der Waals surface area contributed by atoms with Crippen molar-refractivity contribution in [1.29, 1.82) is 5.26 Å². The van der Waals surface area contributed by atoms with Crippen LogP contribution < -0.4 is 9.47 Å². The molecule has 0 radical (unpaired) electrons. The minimum Gasteiger partial charge on any atom is -0.493 e. The van der Waals surface area contributed by atoms with Gasteiger partial charge in [0.25, 0.3) is 0 Å². The molecule has 25 heavy (non-hydrogen) atoms. The average Bonchev–Trinajstić information content (AvgIpc) is 2.67. The molecule has 0 aliphatic rings. The minimum absolute atomic E-state index is 0.119. The van der Waals surface area contributed by atoms with Crippen LogP contribution in [0.3, 0.4) is 0 Å². The van der Waals surface area contributed by atoms with Gasteiger partial charge in [0.05, 0.1) is 25.3 Å². The zero-order valence-electron chi connectivity index (χ0n) is 14.5. The van der Waals surface area contributed by atoms with Crippen molar-refractivity contribution in [2.45, 2.75) is 19.8 Å². The smallest absolute Gasteiger partial charge is 0.185 e. The summed E-state index contributed by atoms with van der Waals surface area (Å²) in [4.78, 5) is 12.2. The number of carbonyl (C=O) groups excluding carboxylic acids is 1. The SMILES string of the molecule is CCCCOc1ccc(/C=C/C(=O)c2ccc(C#N)cc2)cc1OC. The normalized spacial score (nSPS) is 10.4. The lowest BCUT2D eigenvalue weighted by Crippen LogP contribution is -1.99. The van der Waals surface area contributed by atoms with Crippen molar-refractivity contribution in [2.75, 3.05) is 13.7 Å². The zero-order valence-corrected chi connectivity index (χ0v) is 14.5. The van der Waals surface area contributed by atoms with Gasteiger partial charge in [-0.2, -0.15) is 5.26 Å². The second-order valence-corrected chi connectivity index (χ2v) is 5.50. The molecule has 0 N–H and O–H groups in total. The fraction of sp³-hybridized carbons (Fsp3) is 0.238. The molecule has 2 aromatic rings. The Labute approximate surface area is 148 Å². The van der Waals surface area contributed by atoms with Gasteiger partial charge in [-0.15, -0.1) is 0 Å². The second-order valence-electron chi connectivity index (χ2n) is 5.50. The summed E-state index contributed by atoms with van der Waals surface area (Å²) in [5, 5.41) is 8.79. The van der Waals surface area contributed by atoms with E-state index in [4.69, 9.17) is 14.7 Å². The summed E-state index contributed by atoms with van der Waals surface area (Å²) in [6, 6.07) is 14.2. The van der Waals surface area contributed by atoms with E-state index in [1.165, 1.54) is 6.08 Å². The first-order valence-corrected chi connectivity index (χ1v) is 8.21. The lowest BCUT2D eigenvalue weighted by Gasteiger charge is -2.10. The van der Waals surface area contributed by atoms with Gasteiger partial charge < -0.3 is 9.47 Å². The molecule has 0 amide bonds. The topological polar surface area (TPSA) is 59.3 Å². The Balaban J connectivity index is 2.09. The zero-order chi connectivity index (χ0) is 18.1. The van der Waals surface area contributed by atoms with Crippen LogP contribution in [0.1, 0.15) is 41.3 Å². The Morgan fingerprint density at radius 1 is 1.16 bits per heavy atom. The van der Waals surface area contributed by atoms with Crippen LogP contribution in [0.4, 0.5) is 0 Å². The summed E-state index contributed by atoms with van der Waals surface area (Å²) >= 11 is 0. The van der Waals surface area contributed by atoms with E-state index in [1.54, 1.807) is 37.5 Å². The number of hydrogen-bond acceptors (Lipinski definition) is 4. The fourth-order valence-corrected chi connectivity index (χ4v) is 2.21. The van der Waals surface area contributed by atoms with Crippen molar-refractivity contribution in [3.8, 4) is 17.6 Å². The van der Waals surface area contributed by atoms with Gasteiger partial charge in [0.2, 0.25) is 0 Å². The molecule has 4 nitrogen and oxygen atoms in total. The predicted molar refractivity (Wildman–Crippen MR) is 97.9 cm³/mol. The number of nitrogens with zero attached hydrogens (tertiary/aromatic N) is 1. The number of ketones is 1. The van der Waals surface area contributed by atoms with Gasteiger partial charge in [-0.25, -0.2) is 0 Å². The molecule has 0 bridgehead atoms. The summed E-state index contributed by atoms with van der Waals surface area (Å²) in [5.74, 6) is 1.22. The van der Waals surface area contributed by atoms with Gasteiger partial charge in [0, 0.05) is 5.56 Å². The predicted octanol–water partition coefficient (Wildman–Crippen LogP) is 4.64. The van der Waals surface area contributed by atoms with Crippen molar-refractivity contribution in [3.63, 3.8) is 0 Å². The van der Waals surface area contributed by atoms with Crippen molar-refractivity contribution >= 4 is 11.9 Å². The number of ether oxygens (including phenoxy) is 2. The maximum absolute atomic E-state index is 12.2. The molecule has 2 aromatic carbocycles. The molecule has 0 aromatic heterocycles. The van der Waals surface area contributed by atoms with Crippen molar-refractivity contribution in [3.05, 3.63) is 65.2 Å². The van der Waals surface area contributed by atoms with E-state index < -0.39 is 0 Å². The van der Waals surface area contributed by atoms with E-state index in [2.05, 4.69) is 6.92 Å². The lowest BCUT2D eigenvalue weighted by atomic mass is 10.1. The first kappa shape index (κ1) is 18.3. The van der Waals surface area contributed by atoms with Crippen LogP contribution in [0.5, 0.6) is 11.5 Å². The third kappa shape index (κ3) is 5.22. The number of hydrogen-bond donors (Lipinski definition) is 0. The highest BCUT2D eigenvalue weighted by molar-refractivity contribution is 6.06. The molecular formula is C21H21NO3.